The molecule has 1 aliphatic rings. The lowest BCUT2D eigenvalue weighted by molar-refractivity contribution is 0.0228. The molecule has 2 aromatic heterocycles. The van der Waals surface area contributed by atoms with Gasteiger partial charge in [0.05, 0.1) is 17.8 Å². The molecule has 1 aromatic carbocycles. The van der Waals surface area contributed by atoms with Crippen LogP contribution in [-0.2, 0) is 0 Å². The van der Waals surface area contributed by atoms with E-state index in [9.17, 15) is 9.90 Å². The second-order valence-corrected chi connectivity index (χ2v) is 7.08. The van der Waals surface area contributed by atoms with E-state index in [4.69, 9.17) is 4.42 Å². The van der Waals surface area contributed by atoms with Crippen molar-refractivity contribution in [1.29, 1.82) is 0 Å². The highest BCUT2D eigenvalue weighted by Gasteiger charge is 2.36. The Morgan fingerprint density at radius 3 is 2.52 bits per heavy atom. The van der Waals surface area contributed by atoms with Gasteiger partial charge >= 0.3 is 0 Å². The Bertz CT molecular complexity index is 912. The summed E-state index contributed by atoms with van der Waals surface area (Å²) < 4.78 is 5.62. The van der Waals surface area contributed by atoms with Crippen molar-refractivity contribution in [3.05, 3.63) is 77.8 Å². The summed E-state index contributed by atoms with van der Waals surface area (Å²) in [5.74, 6) is 1.69. The molecule has 1 amide bonds. The highest BCUT2D eigenvalue weighted by Crippen LogP contribution is 2.37. The largest absolute Gasteiger partial charge is 0.461 e. The van der Waals surface area contributed by atoms with Gasteiger partial charge in [0.1, 0.15) is 11.5 Å². The van der Waals surface area contributed by atoms with E-state index in [2.05, 4.69) is 10.3 Å². The summed E-state index contributed by atoms with van der Waals surface area (Å²) in [6.07, 6.45) is 2.80. The fourth-order valence-corrected chi connectivity index (χ4v) is 3.50. The molecule has 0 aliphatic heterocycles. The van der Waals surface area contributed by atoms with Crippen molar-refractivity contribution in [1.82, 2.24) is 10.3 Å². The number of aromatic nitrogens is 1. The topological polar surface area (TPSA) is 75.4 Å². The van der Waals surface area contributed by atoms with Gasteiger partial charge in [0.15, 0.2) is 0 Å². The number of carbonyl (C=O) groups is 1. The van der Waals surface area contributed by atoms with Crippen molar-refractivity contribution in [2.45, 2.75) is 31.9 Å². The second-order valence-electron chi connectivity index (χ2n) is 7.08. The monoisotopic (exact) mass is 362 g/mol. The normalized spacial score (nSPS) is 19.9. The molecule has 0 radical (unpaired) electrons. The SMILES string of the molecule is Cc1ccc(-c2ccc(C(=O)N[C@H](c3ccccn3)C3CC(O)C3)cc2)o1. The van der Waals surface area contributed by atoms with Crippen LogP contribution in [0.15, 0.2) is 65.2 Å². The molecule has 3 aromatic rings. The van der Waals surface area contributed by atoms with Crippen LogP contribution in [0.25, 0.3) is 11.3 Å². The minimum atomic E-state index is -0.283. The van der Waals surface area contributed by atoms with E-state index in [1.54, 1.807) is 18.3 Å². The Labute approximate surface area is 158 Å². The molecule has 2 N–H and O–H groups in total. The Hall–Kier alpha value is -2.92. The van der Waals surface area contributed by atoms with Crippen LogP contribution in [0, 0.1) is 12.8 Å². The third-order valence-electron chi connectivity index (χ3n) is 5.09. The molecular formula is C22H22N2O3. The molecule has 1 fully saturated rings. The van der Waals surface area contributed by atoms with Crippen LogP contribution < -0.4 is 5.32 Å². The first kappa shape index (κ1) is 17.5. The van der Waals surface area contributed by atoms with Crippen molar-refractivity contribution in [2.24, 2.45) is 5.92 Å². The number of aryl methyl sites for hydroxylation is 1. The number of furan rings is 1. The molecule has 27 heavy (non-hydrogen) atoms. The molecule has 0 saturated heterocycles. The third kappa shape index (κ3) is 3.78. The Kier molecular flexibility index (Phi) is 4.77. The van der Waals surface area contributed by atoms with Gasteiger partial charge in [0.25, 0.3) is 5.91 Å². The maximum Gasteiger partial charge on any atom is 0.251 e. The quantitative estimate of drug-likeness (QED) is 0.722. The van der Waals surface area contributed by atoms with Crippen molar-refractivity contribution in [3.8, 4) is 11.3 Å². The summed E-state index contributed by atoms with van der Waals surface area (Å²) in [7, 11) is 0. The molecule has 2 heterocycles. The van der Waals surface area contributed by atoms with Gasteiger partial charge in [0, 0.05) is 17.3 Å². The zero-order chi connectivity index (χ0) is 18.8. The predicted octanol–water partition coefficient (Wildman–Crippen LogP) is 3.89. The summed E-state index contributed by atoms with van der Waals surface area (Å²) in [6, 6.07) is 16.7. The highest BCUT2D eigenvalue weighted by atomic mass is 16.3. The third-order valence-corrected chi connectivity index (χ3v) is 5.09. The number of amides is 1. The number of nitrogens with zero attached hydrogens (tertiary/aromatic N) is 1. The second kappa shape index (κ2) is 7.37. The maximum atomic E-state index is 12.8. The number of nitrogens with one attached hydrogen (secondary N) is 1. The molecule has 5 heteroatoms. The number of rotatable bonds is 5. The number of pyridine rings is 1. The fourth-order valence-electron chi connectivity index (χ4n) is 3.50. The molecule has 4 rings (SSSR count). The van der Waals surface area contributed by atoms with Gasteiger partial charge in [-0.3, -0.25) is 9.78 Å². The Morgan fingerprint density at radius 2 is 1.93 bits per heavy atom. The van der Waals surface area contributed by atoms with Crippen LogP contribution in [0.2, 0.25) is 0 Å². The van der Waals surface area contributed by atoms with Gasteiger partial charge in [-0.25, -0.2) is 0 Å². The van der Waals surface area contributed by atoms with E-state index in [0.29, 0.717) is 18.4 Å². The summed E-state index contributed by atoms with van der Waals surface area (Å²) in [4.78, 5) is 17.2. The summed E-state index contributed by atoms with van der Waals surface area (Å²) >= 11 is 0. The van der Waals surface area contributed by atoms with Crippen LogP contribution >= 0.6 is 0 Å². The molecule has 5 nitrogen and oxygen atoms in total. The molecule has 1 saturated carbocycles. The van der Waals surface area contributed by atoms with Crippen LogP contribution in [0.1, 0.15) is 40.7 Å². The Morgan fingerprint density at radius 1 is 1.15 bits per heavy atom. The van der Waals surface area contributed by atoms with Crippen LogP contribution in [-0.4, -0.2) is 22.1 Å². The molecular weight excluding hydrogens is 340 g/mol. The number of hydrogen-bond donors (Lipinski definition) is 2. The average Bonchev–Trinajstić information content (AvgIpc) is 3.11. The first-order valence-electron chi connectivity index (χ1n) is 9.17. The predicted molar refractivity (Wildman–Crippen MR) is 102 cm³/mol. The number of benzene rings is 1. The van der Waals surface area contributed by atoms with E-state index in [1.807, 2.05) is 49.4 Å². The van der Waals surface area contributed by atoms with Gasteiger partial charge in [0.2, 0.25) is 0 Å². The van der Waals surface area contributed by atoms with E-state index in [0.717, 1.165) is 22.8 Å². The minimum absolute atomic E-state index is 0.144. The van der Waals surface area contributed by atoms with E-state index >= 15 is 0 Å². The van der Waals surface area contributed by atoms with Crippen molar-refractivity contribution < 1.29 is 14.3 Å². The summed E-state index contributed by atoms with van der Waals surface area (Å²) in [5, 5.41) is 12.8. The standard InChI is InChI=1S/C22H22N2O3/c1-14-5-10-20(27-14)15-6-8-16(9-7-15)22(26)24-21(17-12-18(25)13-17)19-4-2-3-11-23-19/h2-11,17-18,21,25H,12-13H2,1H3,(H,24,26)/t17?,18?,21-/m0/s1. The van der Waals surface area contributed by atoms with Gasteiger partial charge in [-0.2, -0.15) is 0 Å². The average molecular weight is 362 g/mol. The van der Waals surface area contributed by atoms with E-state index < -0.39 is 0 Å². The van der Waals surface area contributed by atoms with Crippen molar-refractivity contribution >= 4 is 5.91 Å². The summed E-state index contributed by atoms with van der Waals surface area (Å²) in [5.41, 5.74) is 2.34. The first-order chi connectivity index (χ1) is 13.1. The zero-order valence-electron chi connectivity index (χ0n) is 15.1. The van der Waals surface area contributed by atoms with Crippen molar-refractivity contribution in [2.75, 3.05) is 0 Å². The molecule has 0 spiro atoms. The lowest BCUT2D eigenvalue weighted by Crippen LogP contribution is -2.41. The summed E-state index contributed by atoms with van der Waals surface area (Å²) in [6.45, 7) is 1.90. The van der Waals surface area contributed by atoms with E-state index in [1.165, 1.54) is 0 Å². The lowest BCUT2D eigenvalue weighted by atomic mass is 9.76. The molecule has 138 valence electrons. The van der Waals surface area contributed by atoms with Gasteiger partial charge < -0.3 is 14.8 Å². The number of hydrogen-bond acceptors (Lipinski definition) is 4. The van der Waals surface area contributed by atoms with Gasteiger partial charge in [-0.05, 0) is 62.1 Å². The Balaban J connectivity index is 1.51. The van der Waals surface area contributed by atoms with Gasteiger partial charge in [-0.1, -0.05) is 18.2 Å². The van der Waals surface area contributed by atoms with Crippen LogP contribution in [0.4, 0.5) is 0 Å². The maximum absolute atomic E-state index is 12.8. The van der Waals surface area contributed by atoms with E-state index in [-0.39, 0.29) is 24.0 Å². The van der Waals surface area contributed by atoms with Crippen molar-refractivity contribution in [3.63, 3.8) is 0 Å². The zero-order valence-corrected chi connectivity index (χ0v) is 15.1. The van der Waals surface area contributed by atoms with Gasteiger partial charge in [-0.15, -0.1) is 0 Å². The minimum Gasteiger partial charge on any atom is -0.461 e. The van der Waals surface area contributed by atoms with Crippen LogP contribution in [0.5, 0.6) is 0 Å². The molecule has 1 aliphatic carbocycles. The molecule has 0 bridgehead atoms. The molecule has 0 unspecified atom stereocenters. The number of carbonyl (C=O) groups excluding carboxylic acids is 1. The molecule has 1 atom stereocenters. The van der Waals surface area contributed by atoms with Crippen LogP contribution in [0.3, 0.4) is 0 Å². The smallest absolute Gasteiger partial charge is 0.251 e. The fraction of sp³-hybridized carbons (Fsp3) is 0.273. The highest BCUT2D eigenvalue weighted by molar-refractivity contribution is 5.94. The lowest BCUT2D eigenvalue weighted by Gasteiger charge is -2.37. The first-order valence-corrected chi connectivity index (χ1v) is 9.17. The number of aliphatic hydroxyl groups is 1. The number of aliphatic hydroxyl groups excluding tert-OH is 1.